The van der Waals surface area contributed by atoms with Crippen LogP contribution in [0.25, 0.3) is 0 Å². The van der Waals surface area contributed by atoms with Gasteiger partial charge in [-0.3, -0.25) is 14.4 Å². The van der Waals surface area contributed by atoms with Crippen LogP contribution in [0.2, 0.25) is 0 Å². The summed E-state index contributed by atoms with van der Waals surface area (Å²) < 4.78 is 16.7. The Morgan fingerprint density at radius 2 is 0.667 bits per heavy atom. The number of hydrogen-bond acceptors (Lipinski definition) is 6. The molecule has 0 fully saturated rings. The van der Waals surface area contributed by atoms with E-state index in [1.807, 2.05) is 0 Å². The van der Waals surface area contributed by atoms with E-state index in [4.69, 9.17) is 14.2 Å². The van der Waals surface area contributed by atoms with Crippen molar-refractivity contribution in [3.05, 3.63) is 60.8 Å². The first kappa shape index (κ1) is 54.1. The second-order valence-corrected chi connectivity index (χ2v) is 15.7. The van der Waals surface area contributed by atoms with Crippen molar-refractivity contribution in [2.45, 2.75) is 232 Å². The van der Waals surface area contributed by atoms with Gasteiger partial charge in [0.25, 0.3) is 0 Å². The van der Waals surface area contributed by atoms with Crippen molar-refractivity contribution in [2.75, 3.05) is 13.2 Å². The first-order chi connectivity index (χ1) is 28.0. The third-order valence-electron chi connectivity index (χ3n) is 9.96. The molecule has 6 heteroatoms. The molecule has 0 aromatic carbocycles. The quantitative estimate of drug-likeness (QED) is 0.0265. The summed E-state index contributed by atoms with van der Waals surface area (Å²) in [5.74, 6) is -0.974. The monoisotopic (exact) mass is 797 g/mol. The Kier molecular flexibility index (Phi) is 43.5. The minimum atomic E-state index is -0.799. The number of hydrogen-bond donors (Lipinski definition) is 0. The maximum atomic E-state index is 12.7. The van der Waals surface area contributed by atoms with Crippen LogP contribution in [-0.2, 0) is 28.6 Å². The molecule has 0 heterocycles. The van der Waals surface area contributed by atoms with Crippen molar-refractivity contribution in [2.24, 2.45) is 0 Å². The summed E-state index contributed by atoms with van der Waals surface area (Å²) in [5, 5.41) is 0. The van der Waals surface area contributed by atoms with Gasteiger partial charge >= 0.3 is 17.9 Å². The molecule has 0 saturated carbocycles. The first-order valence-electron chi connectivity index (χ1n) is 23.8. The molecule has 0 amide bonds. The molecule has 0 aromatic heterocycles. The van der Waals surface area contributed by atoms with Crippen LogP contribution in [0, 0.1) is 0 Å². The Balaban J connectivity index is 4.45. The zero-order valence-corrected chi connectivity index (χ0v) is 37.3. The SMILES string of the molecule is CCCC/C=C\CCCCCCCC(=O)OCC(COC(=O)CCC/C=C\C/C=C\C/C=C\CCCCCCCC)OC(=O)CCCCCCC/C=C\CCCC. The van der Waals surface area contributed by atoms with Crippen LogP contribution < -0.4 is 0 Å². The van der Waals surface area contributed by atoms with Gasteiger partial charge in [0.2, 0.25) is 0 Å². The van der Waals surface area contributed by atoms with Crippen LogP contribution in [0.4, 0.5) is 0 Å². The van der Waals surface area contributed by atoms with E-state index in [0.29, 0.717) is 19.3 Å². The fourth-order valence-electron chi connectivity index (χ4n) is 6.30. The molecule has 0 N–H and O–H groups in total. The van der Waals surface area contributed by atoms with Crippen molar-refractivity contribution in [1.29, 1.82) is 0 Å². The van der Waals surface area contributed by atoms with Gasteiger partial charge in [-0.15, -0.1) is 0 Å². The molecule has 0 aliphatic carbocycles. The van der Waals surface area contributed by atoms with E-state index in [1.54, 1.807) is 0 Å². The van der Waals surface area contributed by atoms with E-state index < -0.39 is 6.10 Å². The zero-order chi connectivity index (χ0) is 41.5. The van der Waals surface area contributed by atoms with Crippen molar-refractivity contribution in [3.8, 4) is 0 Å². The minimum Gasteiger partial charge on any atom is -0.462 e. The summed E-state index contributed by atoms with van der Waals surface area (Å²) >= 11 is 0. The summed E-state index contributed by atoms with van der Waals surface area (Å²) in [6, 6.07) is 0. The maximum absolute atomic E-state index is 12.7. The molecule has 0 aliphatic rings. The largest absolute Gasteiger partial charge is 0.462 e. The number of unbranched alkanes of at least 4 members (excludes halogenated alkanes) is 21. The second kappa shape index (κ2) is 45.8. The molecule has 0 spiro atoms. The molecule has 0 aromatic rings. The van der Waals surface area contributed by atoms with Crippen LogP contribution in [0.1, 0.15) is 226 Å². The highest BCUT2D eigenvalue weighted by molar-refractivity contribution is 5.71. The lowest BCUT2D eigenvalue weighted by molar-refractivity contribution is -0.167. The van der Waals surface area contributed by atoms with Gasteiger partial charge in [0.05, 0.1) is 0 Å². The van der Waals surface area contributed by atoms with Gasteiger partial charge in [-0.05, 0) is 89.9 Å². The van der Waals surface area contributed by atoms with Gasteiger partial charge in [0.15, 0.2) is 6.10 Å². The molecule has 0 saturated heterocycles. The fourth-order valence-corrected chi connectivity index (χ4v) is 6.30. The molecule has 0 aliphatic heterocycles. The van der Waals surface area contributed by atoms with Gasteiger partial charge < -0.3 is 14.2 Å². The Morgan fingerprint density at radius 3 is 1.12 bits per heavy atom. The van der Waals surface area contributed by atoms with E-state index in [2.05, 4.69) is 81.5 Å². The summed E-state index contributed by atoms with van der Waals surface area (Å²) in [4.78, 5) is 37.7. The lowest BCUT2D eigenvalue weighted by Crippen LogP contribution is -2.30. The van der Waals surface area contributed by atoms with Crippen molar-refractivity contribution in [3.63, 3.8) is 0 Å². The van der Waals surface area contributed by atoms with Crippen LogP contribution in [0.15, 0.2) is 60.8 Å². The predicted octanol–water partition coefficient (Wildman–Crippen LogP) is 15.3. The zero-order valence-electron chi connectivity index (χ0n) is 37.3. The third-order valence-corrected chi connectivity index (χ3v) is 9.96. The van der Waals surface area contributed by atoms with Gasteiger partial charge in [-0.1, -0.05) is 178 Å². The normalized spacial score (nSPS) is 12.5. The average Bonchev–Trinajstić information content (AvgIpc) is 3.21. The van der Waals surface area contributed by atoms with Crippen LogP contribution in [-0.4, -0.2) is 37.2 Å². The smallest absolute Gasteiger partial charge is 0.306 e. The van der Waals surface area contributed by atoms with Crippen LogP contribution in [0.3, 0.4) is 0 Å². The van der Waals surface area contributed by atoms with Crippen LogP contribution in [0.5, 0.6) is 0 Å². The van der Waals surface area contributed by atoms with Crippen LogP contribution >= 0.6 is 0 Å². The number of rotatable bonds is 42. The summed E-state index contributed by atoms with van der Waals surface area (Å²) in [6.07, 6.45) is 54.9. The number of esters is 3. The average molecular weight is 797 g/mol. The fraction of sp³-hybridized carbons (Fsp3) is 0.745. The lowest BCUT2D eigenvalue weighted by Gasteiger charge is -2.18. The Morgan fingerprint density at radius 1 is 0.351 bits per heavy atom. The summed E-state index contributed by atoms with van der Waals surface area (Å²) in [5.41, 5.74) is 0. The van der Waals surface area contributed by atoms with Gasteiger partial charge in [0.1, 0.15) is 13.2 Å². The Labute approximate surface area is 351 Å². The van der Waals surface area contributed by atoms with E-state index in [1.165, 1.54) is 96.3 Å². The summed E-state index contributed by atoms with van der Waals surface area (Å²) in [7, 11) is 0. The molecule has 1 unspecified atom stereocenters. The molecular weight excluding hydrogens is 709 g/mol. The van der Waals surface area contributed by atoms with E-state index >= 15 is 0 Å². The number of ether oxygens (including phenoxy) is 3. The van der Waals surface area contributed by atoms with E-state index in [-0.39, 0.29) is 37.5 Å². The molecule has 1 atom stereocenters. The van der Waals surface area contributed by atoms with E-state index in [0.717, 1.165) is 83.5 Å². The molecule has 6 nitrogen and oxygen atoms in total. The predicted molar refractivity (Wildman–Crippen MR) is 242 cm³/mol. The molecule has 328 valence electrons. The number of carbonyl (C=O) groups excluding carboxylic acids is 3. The lowest BCUT2D eigenvalue weighted by atomic mass is 10.1. The molecule has 0 rings (SSSR count). The number of allylic oxidation sites excluding steroid dienone is 10. The molecule has 57 heavy (non-hydrogen) atoms. The van der Waals surface area contributed by atoms with Crippen molar-refractivity contribution >= 4 is 17.9 Å². The number of carbonyl (C=O) groups is 3. The topological polar surface area (TPSA) is 78.9 Å². The Hall–Kier alpha value is -2.89. The Bertz CT molecular complexity index is 1050. The molecular formula is C51H88O6. The highest BCUT2D eigenvalue weighted by Crippen LogP contribution is 2.13. The van der Waals surface area contributed by atoms with Gasteiger partial charge in [-0.25, -0.2) is 0 Å². The first-order valence-corrected chi connectivity index (χ1v) is 23.8. The molecule has 0 bridgehead atoms. The van der Waals surface area contributed by atoms with Gasteiger partial charge in [-0.2, -0.15) is 0 Å². The second-order valence-electron chi connectivity index (χ2n) is 15.7. The molecule has 0 radical (unpaired) electrons. The van der Waals surface area contributed by atoms with Crippen molar-refractivity contribution < 1.29 is 28.6 Å². The van der Waals surface area contributed by atoms with Crippen molar-refractivity contribution in [1.82, 2.24) is 0 Å². The highest BCUT2D eigenvalue weighted by atomic mass is 16.6. The maximum Gasteiger partial charge on any atom is 0.306 e. The van der Waals surface area contributed by atoms with E-state index in [9.17, 15) is 14.4 Å². The third kappa shape index (κ3) is 44.1. The highest BCUT2D eigenvalue weighted by Gasteiger charge is 2.19. The summed E-state index contributed by atoms with van der Waals surface area (Å²) in [6.45, 7) is 6.48. The van der Waals surface area contributed by atoms with Gasteiger partial charge in [0, 0.05) is 19.3 Å². The minimum absolute atomic E-state index is 0.0981. The standard InChI is InChI=1S/C51H88O6/c1-4-7-10-13-16-19-22-23-24-25-26-27-30-32-35-38-41-44-50(53)56-47-48(57-51(54)45-42-39-36-33-29-21-18-15-12-9-6-3)46-55-49(52)43-40-37-34-31-28-20-17-14-11-8-5-2/h14-15,17-18,23-24,26-27,32,35,48H,4-13,16,19-22,25,28-31,33-34,36-47H2,1-3H3/b17-14-,18-15-,24-23-,27-26-,35-32-.